The van der Waals surface area contributed by atoms with Crippen LogP contribution in [-0.4, -0.2) is 0 Å². The molecule has 24 heavy (non-hydrogen) atoms. The van der Waals surface area contributed by atoms with E-state index in [-0.39, 0.29) is 0 Å². The summed E-state index contributed by atoms with van der Waals surface area (Å²) >= 11 is 0. The Kier molecular flexibility index (Phi) is 5.48. The maximum atomic E-state index is 5.82. The van der Waals surface area contributed by atoms with Crippen LogP contribution in [0.15, 0.2) is 78.9 Å². The zero-order valence-electron chi connectivity index (χ0n) is 13.6. The summed E-state index contributed by atoms with van der Waals surface area (Å²) in [5.74, 6) is 1.42. The molecule has 0 N–H and O–H groups in total. The molecule has 0 spiro atoms. The molecule has 0 fully saturated rings. The zero-order valence-corrected chi connectivity index (χ0v) is 13.6. The molecule has 0 bridgehead atoms. The van der Waals surface area contributed by atoms with E-state index in [0.717, 1.165) is 22.4 Å². The van der Waals surface area contributed by atoms with Crippen LogP contribution < -0.4 is 9.62 Å². The first-order valence-corrected chi connectivity index (χ1v) is 7.92. The van der Waals surface area contributed by atoms with Crippen molar-refractivity contribution in [3.8, 4) is 11.5 Å². The van der Waals surface area contributed by atoms with E-state index in [1.54, 1.807) is 0 Å². The molecule has 3 aromatic carbocycles. The highest BCUT2D eigenvalue weighted by molar-refractivity contribution is 5.39. The van der Waals surface area contributed by atoms with Crippen LogP contribution >= 0.6 is 0 Å². The van der Waals surface area contributed by atoms with Gasteiger partial charge in [0.2, 0.25) is 0 Å². The molecule has 0 saturated heterocycles. The van der Waals surface area contributed by atoms with Crippen molar-refractivity contribution in [3.05, 3.63) is 95.6 Å². The Bertz CT molecular complexity index is 755. The summed E-state index contributed by atoms with van der Waals surface area (Å²) < 4.78 is 5.82. The molecule has 3 aromatic rings. The fraction of sp³-hybridized carbons (Fsp3) is 0.143. The molecule has 3 rings (SSSR count). The van der Waals surface area contributed by atoms with Crippen molar-refractivity contribution in [1.29, 1.82) is 0 Å². The lowest BCUT2D eigenvalue weighted by Crippen LogP contribution is -2.00. The van der Waals surface area contributed by atoms with Crippen LogP contribution in [0.1, 0.15) is 16.7 Å². The molecule has 0 aliphatic heterocycles. The largest absolute Gasteiger partial charge is 0.489 e. The molecule has 0 aliphatic carbocycles. The summed E-state index contributed by atoms with van der Waals surface area (Å²) in [5, 5.41) is 0. The third kappa shape index (κ3) is 4.61. The SMILES string of the molecule is Cc1ccc(OCc2ccccc2)cc1OOCc1ccccc1. The lowest BCUT2D eigenvalue weighted by molar-refractivity contribution is -0.218. The number of aryl methyl sites for hydroxylation is 1. The Morgan fingerprint density at radius 1 is 0.708 bits per heavy atom. The van der Waals surface area contributed by atoms with Crippen LogP contribution in [-0.2, 0) is 18.1 Å². The fourth-order valence-corrected chi connectivity index (χ4v) is 2.24. The summed E-state index contributed by atoms with van der Waals surface area (Å²) in [6, 6.07) is 25.7. The van der Waals surface area contributed by atoms with E-state index in [2.05, 4.69) is 0 Å². The summed E-state index contributed by atoms with van der Waals surface area (Å²) in [5.41, 5.74) is 3.18. The monoisotopic (exact) mass is 320 g/mol. The van der Waals surface area contributed by atoms with Crippen LogP contribution in [0.25, 0.3) is 0 Å². The Morgan fingerprint density at radius 2 is 1.33 bits per heavy atom. The molecule has 3 heteroatoms. The third-order valence-electron chi connectivity index (χ3n) is 3.63. The van der Waals surface area contributed by atoms with Gasteiger partial charge in [0.05, 0.1) is 0 Å². The highest BCUT2D eigenvalue weighted by Gasteiger charge is 2.05. The predicted octanol–water partition coefficient (Wildman–Crippen LogP) is 5.08. The van der Waals surface area contributed by atoms with E-state index in [0.29, 0.717) is 19.0 Å². The second kappa shape index (κ2) is 8.18. The van der Waals surface area contributed by atoms with Crippen molar-refractivity contribution < 1.29 is 14.5 Å². The lowest BCUT2D eigenvalue weighted by atomic mass is 10.2. The van der Waals surface area contributed by atoms with Crippen LogP contribution in [0, 0.1) is 6.92 Å². The van der Waals surface area contributed by atoms with Gasteiger partial charge in [0.25, 0.3) is 0 Å². The van der Waals surface area contributed by atoms with E-state index < -0.39 is 0 Å². The molecule has 0 aromatic heterocycles. The van der Waals surface area contributed by atoms with Crippen molar-refractivity contribution >= 4 is 0 Å². The molecule has 3 nitrogen and oxygen atoms in total. The van der Waals surface area contributed by atoms with Gasteiger partial charge in [-0.25, -0.2) is 0 Å². The highest BCUT2D eigenvalue weighted by atomic mass is 17.2. The first-order chi connectivity index (χ1) is 11.8. The number of hydrogen-bond donors (Lipinski definition) is 0. The predicted molar refractivity (Wildman–Crippen MR) is 93.8 cm³/mol. The van der Waals surface area contributed by atoms with Gasteiger partial charge < -0.3 is 9.62 Å². The van der Waals surface area contributed by atoms with Crippen molar-refractivity contribution in [2.45, 2.75) is 20.1 Å². The first-order valence-electron chi connectivity index (χ1n) is 7.92. The van der Waals surface area contributed by atoms with Crippen molar-refractivity contribution in [3.63, 3.8) is 0 Å². The summed E-state index contributed by atoms with van der Waals surface area (Å²) in [6.45, 7) is 2.89. The minimum absolute atomic E-state index is 0.398. The molecule has 122 valence electrons. The van der Waals surface area contributed by atoms with Gasteiger partial charge >= 0.3 is 0 Å². The van der Waals surface area contributed by atoms with E-state index in [1.165, 1.54) is 0 Å². The number of rotatable bonds is 7. The summed E-state index contributed by atoms with van der Waals surface area (Å²) in [6.07, 6.45) is 0. The molecule has 0 radical (unpaired) electrons. The number of benzene rings is 3. The normalized spacial score (nSPS) is 10.4. The van der Waals surface area contributed by atoms with Crippen LogP contribution in [0.2, 0.25) is 0 Å². The Labute approximate surface area is 142 Å². The lowest BCUT2D eigenvalue weighted by Gasteiger charge is -2.11. The maximum absolute atomic E-state index is 5.82. The molecule has 0 aliphatic rings. The van der Waals surface area contributed by atoms with Gasteiger partial charge in [0.1, 0.15) is 19.0 Å². The van der Waals surface area contributed by atoms with Crippen LogP contribution in [0.4, 0.5) is 0 Å². The quantitative estimate of drug-likeness (QED) is 0.448. The van der Waals surface area contributed by atoms with E-state index in [4.69, 9.17) is 14.5 Å². The topological polar surface area (TPSA) is 27.7 Å². The van der Waals surface area contributed by atoms with Crippen molar-refractivity contribution in [2.24, 2.45) is 0 Å². The van der Waals surface area contributed by atoms with Gasteiger partial charge in [0, 0.05) is 6.07 Å². The molecule has 0 saturated carbocycles. The van der Waals surface area contributed by atoms with E-state index >= 15 is 0 Å². The van der Waals surface area contributed by atoms with E-state index in [1.807, 2.05) is 85.8 Å². The van der Waals surface area contributed by atoms with Crippen LogP contribution in [0.3, 0.4) is 0 Å². The second-order valence-electron chi connectivity index (χ2n) is 5.53. The first kappa shape index (κ1) is 16.1. The van der Waals surface area contributed by atoms with Gasteiger partial charge in [-0.1, -0.05) is 66.7 Å². The fourth-order valence-electron chi connectivity index (χ4n) is 2.24. The summed E-state index contributed by atoms with van der Waals surface area (Å²) in [7, 11) is 0. The zero-order chi connectivity index (χ0) is 16.6. The van der Waals surface area contributed by atoms with Gasteiger partial charge in [-0.3, -0.25) is 0 Å². The average molecular weight is 320 g/mol. The smallest absolute Gasteiger partial charge is 0.172 e. The number of hydrogen-bond acceptors (Lipinski definition) is 3. The molecule has 0 atom stereocenters. The van der Waals surface area contributed by atoms with Crippen molar-refractivity contribution in [1.82, 2.24) is 0 Å². The maximum Gasteiger partial charge on any atom is 0.172 e. The Hall–Kier alpha value is -2.78. The summed E-state index contributed by atoms with van der Waals surface area (Å²) in [4.78, 5) is 10.8. The minimum atomic E-state index is 0.398. The highest BCUT2D eigenvalue weighted by Crippen LogP contribution is 2.25. The minimum Gasteiger partial charge on any atom is -0.489 e. The second-order valence-corrected chi connectivity index (χ2v) is 5.53. The third-order valence-corrected chi connectivity index (χ3v) is 3.63. The molecule has 0 heterocycles. The number of ether oxygens (including phenoxy) is 1. The standard InChI is InChI=1S/C21H20O3/c1-17-12-13-20(22-15-18-8-4-2-5-9-18)14-21(17)24-23-16-19-10-6-3-7-11-19/h2-14H,15-16H2,1H3. The molecular weight excluding hydrogens is 300 g/mol. The average Bonchev–Trinajstić information content (AvgIpc) is 2.64. The Morgan fingerprint density at radius 3 is 2.00 bits per heavy atom. The van der Waals surface area contributed by atoms with Crippen LogP contribution in [0.5, 0.6) is 11.5 Å². The van der Waals surface area contributed by atoms with E-state index in [9.17, 15) is 0 Å². The molecular formula is C21H20O3. The van der Waals surface area contributed by atoms with Gasteiger partial charge in [-0.2, -0.15) is 4.89 Å². The van der Waals surface area contributed by atoms with Gasteiger partial charge in [-0.05, 0) is 29.7 Å². The van der Waals surface area contributed by atoms with Gasteiger partial charge in [-0.15, -0.1) is 0 Å². The van der Waals surface area contributed by atoms with Crippen molar-refractivity contribution in [2.75, 3.05) is 0 Å². The van der Waals surface area contributed by atoms with Gasteiger partial charge in [0.15, 0.2) is 5.75 Å². The Balaban J connectivity index is 1.57. The molecule has 0 unspecified atom stereocenters. The molecule has 0 amide bonds.